The molecule has 6 heteroatoms. The van der Waals surface area contributed by atoms with E-state index in [-0.39, 0.29) is 19.4 Å². The van der Waals surface area contributed by atoms with Crippen LogP contribution in [0.3, 0.4) is 0 Å². The predicted octanol–water partition coefficient (Wildman–Crippen LogP) is 5.53. The van der Waals surface area contributed by atoms with Gasteiger partial charge in [-0.1, -0.05) is 55.9 Å². The number of carbonyl (C=O) groups excluding carboxylic acids is 2. The number of allylic oxidation sites excluding steroid dienone is 1. The van der Waals surface area contributed by atoms with E-state index in [1.807, 2.05) is 61.5 Å². The maximum absolute atomic E-state index is 12.2. The third-order valence-corrected chi connectivity index (χ3v) is 6.30. The van der Waals surface area contributed by atoms with E-state index < -0.39 is 24.1 Å². The van der Waals surface area contributed by atoms with Gasteiger partial charge < -0.3 is 19.3 Å². The lowest BCUT2D eigenvalue weighted by Gasteiger charge is -2.24. The molecule has 0 spiro atoms. The highest BCUT2D eigenvalue weighted by atomic mass is 16.6. The number of cyclic esters (lactones) is 1. The molecule has 6 nitrogen and oxygen atoms in total. The molecule has 2 aromatic carbocycles. The summed E-state index contributed by atoms with van der Waals surface area (Å²) in [5, 5.41) is 9.85. The average molecular weight is 519 g/mol. The first kappa shape index (κ1) is 29.0. The number of hydrogen-bond acceptors (Lipinski definition) is 6. The fourth-order valence-electron chi connectivity index (χ4n) is 4.00. The molecule has 0 radical (unpaired) electrons. The molecule has 1 N–H and O–H groups in total. The molecule has 1 fully saturated rings. The van der Waals surface area contributed by atoms with Gasteiger partial charge in [-0.05, 0) is 68.5 Å². The first-order valence-corrected chi connectivity index (χ1v) is 13.3. The smallest absolute Gasteiger partial charge is 0.334 e. The van der Waals surface area contributed by atoms with Crippen LogP contribution in [0.2, 0.25) is 0 Å². The van der Waals surface area contributed by atoms with Gasteiger partial charge in [0.05, 0.1) is 13.2 Å². The maximum atomic E-state index is 12.2. The molecule has 0 amide bonds. The molecule has 1 aliphatic rings. The third kappa shape index (κ3) is 9.39. The average Bonchev–Trinajstić information content (AvgIpc) is 3.24. The van der Waals surface area contributed by atoms with Crippen LogP contribution in [0.1, 0.15) is 69.1 Å². The lowest BCUT2D eigenvalue weighted by molar-refractivity contribution is -0.166. The van der Waals surface area contributed by atoms with Gasteiger partial charge >= 0.3 is 11.9 Å². The number of rotatable bonds is 12. The van der Waals surface area contributed by atoms with Gasteiger partial charge in [0.1, 0.15) is 12.4 Å². The minimum absolute atomic E-state index is 0.160. The summed E-state index contributed by atoms with van der Waals surface area (Å²) in [5.74, 6) is 6.72. The van der Waals surface area contributed by atoms with E-state index in [9.17, 15) is 14.7 Å². The summed E-state index contributed by atoms with van der Waals surface area (Å²) in [7, 11) is 0. The first-order valence-electron chi connectivity index (χ1n) is 13.3. The van der Waals surface area contributed by atoms with Gasteiger partial charge in [0.25, 0.3) is 0 Å². The lowest BCUT2D eigenvalue weighted by atomic mass is 9.98. The zero-order valence-electron chi connectivity index (χ0n) is 22.6. The van der Waals surface area contributed by atoms with Crippen LogP contribution in [0.4, 0.5) is 0 Å². The number of aryl methyl sites for hydroxylation is 1. The molecule has 1 saturated heterocycles. The van der Waals surface area contributed by atoms with Crippen molar-refractivity contribution in [2.24, 2.45) is 5.92 Å². The van der Waals surface area contributed by atoms with E-state index >= 15 is 0 Å². The van der Waals surface area contributed by atoms with Crippen LogP contribution in [0.25, 0.3) is 0 Å². The Hall–Kier alpha value is -3.56. The SMILES string of the molecule is Cc1ccc(C#Cc2ccc(OCCCC(=O)OCC3(CO)C/C(=C\CCCC(C)C)C(=O)O3)cc2)cc1. The first-order chi connectivity index (χ1) is 18.3. The summed E-state index contributed by atoms with van der Waals surface area (Å²) in [6.07, 6.45) is 5.61. The van der Waals surface area contributed by atoms with Crippen molar-refractivity contribution >= 4 is 11.9 Å². The Balaban J connectivity index is 1.36. The summed E-state index contributed by atoms with van der Waals surface area (Å²) >= 11 is 0. The molecule has 0 aromatic heterocycles. The summed E-state index contributed by atoms with van der Waals surface area (Å²) in [4.78, 5) is 24.5. The third-order valence-electron chi connectivity index (χ3n) is 6.30. The van der Waals surface area contributed by atoms with Crippen molar-refractivity contribution in [2.45, 2.75) is 64.9 Å². The second-order valence-electron chi connectivity index (χ2n) is 10.2. The van der Waals surface area contributed by atoms with Crippen LogP contribution in [-0.2, 0) is 19.1 Å². The largest absolute Gasteiger partial charge is 0.494 e. The fraction of sp³-hybridized carbons (Fsp3) is 0.438. The molecule has 1 unspecified atom stereocenters. The van der Waals surface area contributed by atoms with Crippen LogP contribution >= 0.6 is 0 Å². The highest BCUT2D eigenvalue weighted by molar-refractivity contribution is 5.91. The molecule has 3 rings (SSSR count). The molecular formula is C32H38O6. The van der Waals surface area contributed by atoms with E-state index in [0.717, 1.165) is 30.4 Å². The lowest BCUT2D eigenvalue weighted by Crippen LogP contribution is -2.39. The van der Waals surface area contributed by atoms with Crippen molar-refractivity contribution < 1.29 is 28.9 Å². The normalized spacial score (nSPS) is 17.7. The topological polar surface area (TPSA) is 82.1 Å². The molecule has 38 heavy (non-hydrogen) atoms. The van der Waals surface area contributed by atoms with Gasteiger partial charge in [0, 0.05) is 29.5 Å². The van der Waals surface area contributed by atoms with E-state index in [1.165, 1.54) is 5.56 Å². The molecule has 0 aliphatic carbocycles. The van der Waals surface area contributed by atoms with Crippen molar-refractivity contribution in [3.05, 3.63) is 76.9 Å². The van der Waals surface area contributed by atoms with E-state index in [2.05, 4.69) is 25.7 Å². The summed E-state index contributed by atoms with van der Waals surface area (Å²) in [5.41, 5.74) is 2.40. The summed E-state index contributed by atoms with van der Waals surface area (Å²) in [6.45, 7) is 6.16. The Morgan fingerprint density at radius 1 is 1.08 bits per heavy atom. The van der Waals surface area contributed by atoms with Crippen molar-refractivity contribution in [1.29, 1.82) is 0 Å². The van der Waals surface area contributed by atoms with Crippen molar-refractivity contribution in [2.75, 3.05) is 19.8 Å². The van der Waals surface area contributed by atoms with Crippen LogP contribution < -0.4 is 4.74 Å². The Labute approximate surface area is 226 Å². The van der Waals surface area contributed by atoms with Crippen LogP contribution in [-0.4, -0.2) is 42.5 Å². The molecule has 1 aliphatic heterocycles. The Morgan fingerprint density at radius 3 is 2.37 bits per heavy atom. The second kappa shape index (κ2) is 14.4. The molecule has 0 bridgehead atoms. The number of aliphatic hydroxyl groups is 1. The Bertz CT molecular complexity index is 1150. The zero-order valence-corrected chi connectivity index (χ0v) is 22.6. The molecule has 1 atom stereocenters. The number of carbonyl (C=O) groups is 2. The standard InChI is InChI=1S/C32H38O6/c1-24(2)7-4-5-8-28-21-32(22-33,38-31(28)35)23-37-30(34)9-6-20-36-29-18-16-27(17-19-29)15-14-26-12-10-25(3)11-13-26/h8,10-13,16-19,24,33H,4-7,9,20-23H2,1-3H3/b28-8+. The van der Waals surface area contributed by atoms with Gasteiger partial charge in [-0.3, -0.25) is 4.79 Å². The number of hydrogen-bond donors (Lipinski definition) is 1. The number of aliphatic hydroxyl groups excluding tert-OH is 1. The molecule has 202 valence electrons. The van der Waals surface area contributed by atoms with Crippen LogP contribution in [0, 0.1) is 24.7 Å². The van der Waals surface area contributed by atoms with E-state index in [4.69, 9.17) is 14.2 Å². The maximum Gasteiger partial charge on any atom is 0.334 e. The monoisotopic (exact) mass is 518 g/mol. The second-order valence-corrected chi connectivity index (χ2v) is 10.2. The highest BCUT2D eigenvalue weighted by Crippen LogP contribution is 2.31. The van der Waals surface area contributed by atoms with E-state index in [0.29, 0.717) is 30.3 Å². The minimum Gasteiger partial charge on any atom is -0.494 e. The van der Waals surface area contributed by atoms with Gasteiger partial charge in [-0.25, -0.2) is 4.79 Å². The summed E-state index contributed by atoms with van der Waals surface area (Å²) < 4.78 is 16.5. The van der Waals surface area contributed by atoms with Gasteiger partial charge in [0.15, 0.2) is 5.60 Å². The Morgan fingerprint density at radius 2 is 1.74 bits per heavy atom. The van der Waals surface area contributed by atoms with Crippen LogP contribution in [0.5, 0.6) is 5.75 Å². The molecular weight excluding hydrogens is 480 g/mol. The zero-order chi connectivity index (χ0) is 27.4. The number of unbranched alkanes of at least 4 members (excludes halogenated alkanes) is 1. The van der Waals surface area contributed by atoms with Crippen LogP contribution in [0.15, 0.2) is 60.2 Å². The number of esters is 2. The van der Waals surface area contributed by atoms with Gasteiger partial charge in [-0.2, -0.15) is 0 Å². The van der Waals surface area contributed by atoms with Crippen molar-refractivity contribution in [1.82, 2.24) is 0 Å². The quantitative estimate of drug-likeness (QED) is 0.172. The fourth-order valence-corrected chi connectivity index (χ4v) is 4.00. The van der Waals surface area contributed by atoms with Gasteiger partial charge in [-0.15, -0.1) is 0 Å². The number of benzene rings is 2. The Kier molecular flexibility index (Phi) is 11.0. The molecule has 1 heterocycles. The highest BCUT2D eigenvalue weighted by Gasteiger charge is 2.44. The summed E-state index contributed by atoms with van der Waals surface area (Å²) in [6, 6.07) is 15.6. The van der Waals surface area contributed by atoms with Gasteiger partial charge in [0.2, 0.25) is 0 Å². The predicted molar refractivity (Wildman–Crippen MR) is 147 cm³/mol. The minimum atomic E-state index is -1.20. The number of ether oxygens (including phenoxy) is 3. The van der Waals surface area contributed by atoms with Crippen molar-refractivity contribution in [3.8, 4) is 17.6 Å². The van der Waals surface area contributed by atoms with Crippen molar-refractivity contribution in [3.63, 3.8) is 0 Å². The molecule has 0 saturated carbocycles. The van der Waals surface area contributed by atoms with E-state index in [1.54, 1.807) is 0 Å². The molecule has 2 aromatic rings.